The Morgan fingerprint density at radius 2 is 1.57 bits per heavy atom. The van der Waals surface area contributed by atoms with Gasteiger partial charge in [-0.2, -0.15) is 0 Å². The van der Waals surface area contributed by atoms with Gasteiger partial charge in [-0.3, -0.25) is 0 Å². The smallest absolute Gasteiger partial charge is 0.0419 e. The first-order valence-electron chi connectivity index (χ1n) is 7.21. The molecule has 0 heterocycles. The van der Waals surface area contributed by atoms with Crippen LogP contribution in [0, 0.1) is 0 Å². The maximum Gasteiger partial charge on any atom is 0.0419 e. The molecule has 1 unspecified atom stereocenters. The van der Waals surface area contributed by atoms with Crippen molar-refractivity contribution in [2.24, 2.45) is 0 Å². The van der Waals surface area contributed by atoms with Crippen molar-refractivity contribution in [1.29, 1.82) is 0 Å². The summed E-state index contributed by atoms with van der Waals surface area (Å²) < 4.78 is 0. The molecule has 0 amide bonds. The van der Waals surface area contributed by atoms with Crippen molar-refractivity contribution in [3.05, 3.63) is 78.4 Å². The molecule has 0 spiro atoms. The first kappa shape index (κ1) is 14.2. The lowest BCUT2D eigenvalue weighted by Crippen LogP contribution is -2.19. The van der Waals surface area contributed by atoms with Crippen LogP contribution in [0.25, 0.3) is 10.8 Å². The van der Waals surface area contributed by atoms with Crippen molar-refractivity contribution in [1.82, 2.24) is 5.32 Å². The zero-order chi connectivity index (χ0) is 14.5. The zero-order valence-electron chi connectivity index (χ0n) is 12.1. The molecule has 0 aromatic heterocycles. The Morgan fingerprint density at radius 1 is 0.857 bits per heavy atom. The normalized spacial score (nSPS) is 12.4. The first-order valence-corrected chi connectivity index (χ1v) is 8.20. The first-order chi connectivity index (χ1) is 10.4. The van der Waals surface area contributed by atoms with Crippen LogP contribution in [-0.2, 0) is 0 Å². The van der Waals surface area contributed by atoms with Gasteiger partial charge in [0.25, 0.3) is 0 Å². The van der Waals surface area contributed by atoms with Gasteiger partial charge in [0.05, 0.1) is 0 Å². The van der Waals surface area contributed by atoms with Crippen LogP contribution >= 0.6 is 11.8 Å². The average Bonchev–Trinajstić information content (AvgIpc) is 2.56. The monoisotopic (exact) mass is 293 g/mol. The van der Waals surface area contributed by atoms with E-state index in [1.54, 1.807) is 0 Å². The van der Waals surface area contributed by atoms with E-state index in [-0.39, 0.29) is 0 Å². The highest BCUT2D eigenvalue weighted by Crippen LogP contribution is 2.29. The molecule has 0 fully saturated rings. The van der Waals surface area contributed by atoms with E-state index in [1.807, 2.05) is 18.8 Å². The molecule has 0 bridgehead atoms. The SMILES string of the molecule is CNC(CSc1ccccc1)c1cccc2ccccc12. The lowest BCUT2D eigenvalue weighted by molar-refractivity contribution is 0.667. The zero-order valence-corrected chi connectivity index (χ0v) is 12.9. The third-order valence-electron chi connectivity index (χ3n) is 3.71. The minimum Gasteiger partial charge on any atom is -0.312 e. The van der Waals surface area contributed by atoms with Gasteiger partial charge in [0, 0.05) is 16.7 Å². The van der Waals surface area contributed by atoms with Crippen molar-refractivity contribution in [2.75, 3.05) is 12.8 Å². The standard InChI is InChI=1S/C19H19NS/c1-20-19(14-21-16-10-3-2-4-11-16)18-13-7-9-15-8-5-6-12-17(15)18/h2-13,19-20H,14H2,1H3. The third-order valence-corrected chi connectivity index (χ3v) is 4.81. The van der Waals surface area contributed by atoms with Crippen LogP contribution < -0.4 is 5.32 Å². The predicted molar refractivity (Wildman–Crippen MR) is 92.9 cm³/mol. The van der Waals surface area contributed by atoms with Crippen molar-refractivity contribution in [3.8, 4) is 0 Å². The number of fused-ring (bicyclic) bond motifs is 1. The highest BCUT2D eigenvalue weighted by molar-refractivity contribution is 7.99. The lowest BCUT2D eigenvalue weighted by atomic mass is 10.00. The summed E-state index contributed by atoms with van der Waals surface area (Å²) in [5, 5.41) is 6.11. The molecule has 0 saturated heterocycles. The summed E-state index contributed by atoms with van der Waals surface area (Å²) in [6, 6.07) is 26.1. The molecule has 0 radical (unpaired) electrons. The summed E-state index contributed by atoms with van der Waals surface area (Å²) in [6.45, 7) is 0. The summed E-state index contributed by atoms with van der Waals surface area (Å²) in [7, 11) is 2.04. The van der Waals surface area contributed by atoms with E-state index >= 15 is 0 Å². The van der Waals surface area contributed by atoms with Gasteiger partial charge in [-0.25, -0.2) is 0 Å². The molecular weight excluding hydrogens is 274 g/mol. The van der Waals surface area contributed by atoms with Gasteiger partial charge in [0.15, 0.2) is 0 Å². The number of benzene rings is 3. The van der Waals surface area contributed by atoms with E-state index in [9.17, 15) is 0 Å². The van der Waals surface area contributed by atoms with Crippen LogP contribution in [0.15, 0.2) is 77.7 Å². The van der Waals surface area contributed by atoms with E-state index < -0.39 is 0 Å². The quantitative estimate of drug-likeness (QED) is 0.672. The molecule has 2 heteroatoms. The van der Waals surface area contributed by atoms with Gasteiger partial charge < -0.3 is 5.32 Å². The number of rotatable bonds is 5. The third kappa shape index (κ3) is 3.29. The summed E-state index contributed by atoms with van der Waals surface area (Å²) in [5.41, 5.74) is 1.37. The van der Waals surface area contributed by atoms with Crippen LogP contribution in [0.4, 0.5) is 0 Å². The fourth-order valence-electron chi connectivity index (χ4n) is 2.58. The second kappa shape index (κ2) is 6.79. The Hall–Kier alpha value is -1.77. The highest BCUT2D eigenvalue weighted by Gasteiger charge is 2.12. The van der Waals surface area contributed by atoms with E-state index in [2.05, 4.69) is 78.1 Å². The molecule has 0 aliphatic heterocycles. The second-order valence-electron chi connectivity index (χ2n) is 5.03. The molecule has 21 heavy (non-hydrogen) atoms. The fourth-order valence-corrected chi connectivity index (χ4v) is 3.63. The lowest BCUT2D eigenvalue weighted by Gasteiger charge is -2.18. The van der Waals surface area contributed by atoms with Crippen LogP contribution in [0.5, 0.6) is 0 Å². The molecule has 1 N–H and O–H groups in total. The number of nitrogens with one attached hydrogen (secondary N) is 1. The summed E-state index contributed by atoms with van der Waals surface area (Å²) >= 11 is 1.89. The average molecular weight is 293 g/mol. The number of hydrogen-bond donors (Lipinski definition) is 1. The fraction of sp³-hybridized carbons (Fsp3) is 0.158. The molecule has 0 saturated carbocycles. The minimum atomic E-state index is 0.348. The van der Waals surface area contributed by atoms with E-state index in [4.69, 9.17) is 0 Å². The van der Waals surface area contributed by atoms with Gasteiger partial charge in [-0.05, 0) is 35.5 Å². The molecule has 0 aliphatic rings. The van der Waals surface area contributed by atoms with Crippen LogP contribution in [-0.4, -0.2) is 12.8 Å². The topological polar surface area (TPSA) is 12.0 Å². The van der Waals surface area contributed by atoms with Crippen molar-refractivity contribution in [2.45, 2.75) is 10.9 Å². The number of hydrogen-bond acceptors (Lipinski definition) is 2. The molecule has 3 aromatic carbocycles. The molecule has 1 nitrogen and oxygen atoms in total. The molecular formula is C19H19NS. The molecule has 0 aliphatic carbocycles. The molecule has 1 atom stereocenters. The Balaban J connectivity index is 1.85. The van der Waals surface area contributed by atoms with Crippen molar-refractivity contribution in [3.63, 3.8) is 0 Å². The summed E-state index contributed by atoms with van der Waals surface area (Å²) in [5.74, 6) is 1.02. The Kier molecular flexibility index (Phi) is 4.59. The van der Waals surface area contributed by atoms with E-state index in [0.717, 1.165) is 5.75 Å². The van der Waals surface area contributed by atoms with Gasteiger partial charge in [-0.15, -0.1) is 11.8 Å². The predicted octanol–water partition coefficient (Wildman–Crippen LogP) is 4.89. The maximum absolute atomic E-state index is 3.46. The van der Waals surface area contributed by atoms with E-state index in [0.29, 0.717) is 6.04 Å². The summed E-state index contributed by atoms with van der Waals surface area (Å²) in [6.07, 6.45) is 0. The van der Waals surface area contributed by atoms with Crippen molar-refractivity contribution < 1.29 is 0 Å². The Labute approximate surface area is 130 Å². The Bertz CT molecular complexity index is 704. The maximum atomic E-state index is 3.46. The van der Waals surface area contributed by atoms with Crippen molar-refractivity contribution >= 4 is 22.5 Å². The summed E-state index contributed by atoms with van der Waals surface area (Å²) in [4.78, 5) is 1.32. The van der Waals surface area contributed by atoms with Crippen LogP contribution in [0.3, 0.4) is 0 Å². The second-order valence-corrected chi connectivity index (χ2v) is 6.13. The minimum absolute atomic E-state index is 0.348. The van der Waals surface area contributed by atoms with Gasteiger partial charge in [0.2, 0.25) is 0 Å². The van der Waals surface area contributed by atoms with Gasteiger partial charge in [-0.1, -0.05) is 60.7 Å². The van der Waals surface area contributed by atoms with Crippen LogP contribution in [0.2, 0.25) is 0 Å². The largest absolute Gasteiger partial charge is 0.312 e. The Morgan fingerprint density at radius 3 is 2.38 bits per heavy atom. The van der Waals surface area contributed by atoms with Crippen LogP contribution in [0.1, 0.15) is 11.6 Å². The van der Waals surface area contributed by atoms with Gasteiger partial charge in [0.1, 0.15) is 0 Å². The van der Waals surface area contributed by atoms with E-state index in [1.165, 1.54) is 21.2 Å². The molecule has 106 valence electrons. The number of thioether (sulfide) groups is 1. The highest BCUT2D eigenvalue weighted by atomic mass is 32.2. The molecule has 3 aromatic rings. The van der Waals surface area contributed by atoms with Gasteiger partial charge >= 0.3 is 0 Å². The molecule has 3 rings (SSSR count).